The van der Waals surface area contributed by atoms with Crippen LogP contribution >= 0.6 is 15.9 Å². The van der Waals surface area contributed by atoms with E-state index in [9.17, 15) is 13.2 Å². The van der Waals surface area contributed by atoms with Crippen molar-refractivity contribution in [3.05, 3.63) is 63.6 Å². The second kappa shape index (κ2) is 7.92. The summed E-state index contributed by atoms with van der Waals surface area (Å²) in [5, 5.41) is 8.62. The maximum Gasteiger partial charge on any atom is 0.318 e. The lowest BCUT2D eigenvalue weighted by molar-refractivity contribution is -0.135. The molecule has 2 aromatic rings. The number of carboxylic acid groups (broad SMARTS) is 1. The summed E-state index contributed by atoms with van der Waals surface area (Å²) in [6, 6.07) is 12.8. The second-order valence-electron chi connectivity index (χ2n) is 5.44. The molecule has 0 saturated carbocycles. The number of halogens is 1. The number of carbonyl (C=O) groups is 1. The largest absolute Gasteiger partial charge is 0.480 e. The first-order chi connectivity index (χ1) is 11.3. The number of aliphatic carboxylic acids is 1. The van der Waals surface area contributed by atoms with Gasteiger partial charge in [0.15, 0.2) is 0 Å². The maximum absolute atomic E-state index is 12.1. The number of nitrogens with one attached hydrogen (secondary N) is 1. The first-order valence-electron chi connectivity index (χ1n) is 7.33. The van der Waals surface area contributed by atoms with E-state index in [-0.39, 0.29) is 4.90 Å². The molecule has 7 heteroatoms. The van der Waals surface area contributed by atoms with Crippen LogP contribution in [0.5, 0.6) is 0 Å². The van der Waals surface area contributed by atoms with Gasteiger partial charge in [0.25, 0.3) is 0 Å². The van der Waals surface area contributed by atoms with Crippen LogP contribution in [0.25, 0.3) is 0 Å². The Kier molecular flexibility index (Phi) is 6.15. The van der Waals surface area contributed by atoms with Crippen LogP contribution in [-0.4, -0.2) is 26.0 Å². The normalized spacial score (nSPS) is 11.4. The van der Waals surface area contributed by atoms with E-state index in [2.05, 4.69) is 20.7 Å². The van der Waals surface area contributed by atoms with Crippen molar-refractivity contribution in [2.75, 3.05) is 6.54 Å². The van der Waals surface area contributed by atoms with E-state index >= 15 is 0 Å². The Balaban J connectivity index is 2.17. The molecule has 0 spiro atoms. The molecule has 0 amide bonds. The number of carboxylic acids is 1. The van der Waals surface area contributed by atoms with E-state index in [0.717, 1.165) is 27.6 Å². The summed E-state index contributed by atoms with van der Waals surface area (Å²) in [5.74, 6) is -1.22. The highest BCUT2D eigenvalue weighted by atomic mass is 79.9. The van der Waals surface area contributed by atoms with Gasteiger partial charge in [-0.2, -0.15) is 4.72 Å². The first-order valence-corrected chi connectivity index (χ1v) is 9.61. The van der Waals surface area contributed by atoms with E-state index in [1.54, 1.807) is 12.1 Å². The van der Waals surface area contributed by atoms with Gasteiger partial charge in [-0.1, -0.05) is 34.1 Å². The molecular formula is C17H18BrNO4S. The molecule has 0 aliphatic carbocycles. The summed E-state index contributed by atoms with van der Waals surface area (Å²) in [4.78, 5) is 10.6. The molecule has 0 unspecified atom stereocenters. The van der Waals surface area contributed by atoms with Crippen LogP contribution in [0.15, 0.2) is 51.8 Å². The predicted molar refractivity (Wildman–Crippen MR) is 95.6 cm³/mol. The van der Waals surface area contributed by atoms with Crippen LogP contribution in [0.2, 0.25) is 0 Å². The minimum absolute atomic E-state index is 0.0820. The van der Waals surface area contributed by atoms with Gasteiger partial charge in [-0.3, -0.25) is 4.79 Å². The van der Waals surface area contributed by atoms with Gasteiger partial charge < -0.3 is 5.11 Å². The Labute approximate surface area is 149 Å². The Morgan fingerprint density at radius 3 is 2.58 bits per heavy atom. The smallest absolute Gasteiger partial charge is 0.318 e. The molecule has 2 rings (SSSR count). The summed E-state index contributed by atoms with van der Waals surface area (Å²) in [6.07, 6.45) is 1.48. The average molecular weight is 412 g/mol. The van der Waals surface area contributed by atoms with E-state index in [1.165, 1.54) is 6.07 Å². The van der Waals surface area contributed by atoms with Gasteiger partial charge in [-0.15, -0.1) is 0 Å². The number of aryl methyl sites for hydroxylation is 3. The molecule has 24 heavy (non-hydrogen) atoms. The lowest BCUT2D eigenvalue weighted by Crippen LogP contribution is -2.29. The minimum Gasteiger partial charge on any atom is -0.480 e. The first kappa shape index (κ1) is 18.6. The van der Waals surface area contributed by atoms with Crippen LogP contribution < -0.4 is 4.72 Å². The number of rotatable bonds is 7. The quantitative estimate of drug-likeness (QED) is 0.733. The van der Waals surface area contributed by atoms with Crippen molar-refractivity contribution < 1.29 is 18.3 Å². The summed E-state index contributed by atoms with van der Waals surface area (Å²) < 4.78 is 27.4. The van der Waals surface area contributed by atoms with Crippen LogP contribution in [0.1, 0.15) is 16.7 Å². The van der Waals surface area contributed by atoms with Crippen molar-refractivity contribution in [1.82, 2.24) is 4.72 Å². The zero-order valence-corrected chi connectivity index (χ0v) is 15.5. The molecule has 0 atom stereocenters. The van der Waals surface area contributed by atoms with E-state index in [1.807, 2.05) is 31.2 Å². The van der Waals surface area contributed by atoms with Crippen LogP contribution in [0.4, 0.5) is 0 Å². The Morgan fingerprint density at radius 2 is 1.92 bits per heavy atom. The SMILES string of the molecule is Cc1ccc(S(=O)(=O)NCC(=O)O)cc1CCc1cccc(Br)c1. The van der Waals surface area contributed by atoms with Crippen LogP contribution in [0.3, 0.4) is 0 Å². The standard InChI is InChI=1S/C17H18BrNO4S/c1-12-5-8-16(24(22,23)19-11-17(20)21)10-14(12)7-6-13-3-2-4-15(18)9-13/h2-5,8-10,19H,6-7,11H2,1H3,(H,20,21). The fourth-order valence-electron chi connectivity index (χ4n) is 2.30. The number of hydrogen-bond donors (Lipinski definition) is 2. The molecule has 128 valence electrons. The topological polar surface area (TPSA) is 83.5 Å². The van der Waals surface area contributed by atoms with Gasteiger partial charge in [0.1, 0.15) is 6.54 Å². The predicted octanol–water partition coefficient (Wildman–Crippen LogP) is 2.91. The molecule has 0 aromatic heterocycles. The van der Waals surface area contributed by atoms with Gasteiger partial charge in [0.05, 0.1) is 4.90 Å². The van der Waals surface area contributed by atoms with Crippen molar-refractivity contribution in [3.63, 3.8) is 0 Å². The number of benzene rings is 2. The van der Waals surface area contributed by atoms with E-state index in [4.69, 9.17) is 5.11 Å². The fraction of sp³-hybridized carbons (Fsp3) is 0.235. The molecular weight excluding hydrogens is 394 g/mol. The summed E-state index contributed by atoms with van der Waals surface area (Å²) >= 11 is 3.43. The number of sulfonamides is 1. The van der Waals surface area contributed by atoms with Crippen LogP contribution in [-0.2, 0) is 27.7 Å². The molecule has 0 heterocycles. The molecule has 0 bridgehead atoms. The zero-order valence-electron chi connectivity index (χ0n) is 13.1. The lowest BCUT2D eigenvalue weighted by atomic mass is 10.0. The second-order valence-corrected chi connectivity index (χ2v) is 8.12. The molecule has 0 fully saturated rings. The zero-order chi connectivity index (χ0) is 17.7. The van der Waals surface area contributed by atoms with Crippen molar-refractivity contribution in [2.24, 2.45) is 0 Å². The third kappa shape index (κ3) is 5.15. The van der Waals surface area contributed by atoms with Gasteiger partial charge in [-0.25, -0.2) is 8.42 Å². The summed E-state index contributed by atoms with van der Waals surface area (Å²) in [6.45, 7) is 1.29. The monoisotopic (exact) mass is 411 g/mol. The summed E-state index contributed by atoms with van der Waals surface area (Å²) in [5.41, 5.74) is 3.08. The Morgan fingerprint density at radius 1 is 1.17 bits per heavy atom. The molecule has 0 radical (unpaired) electrons. The molecule has 0 aliphatic rings. The maximum atomic E-state index is 12.1. The Bertz CT molecular complexity index is 849. The molecule has 2 N–H and O–H groups in total. The third-order valence-electron chi connectivity index (χ3n) is 3.62. The van der Waals surface area contributed by atoms with Crippen molar-refractivity contribution in [3.8, 4) is 0 Å². The van der Waals surface area contributed by atoms with Crippen LogP contribution in [0, 0.1) is 6.92 Å². The highest BCUT2D eigenvalue weighted by Gasteiger charge is 2.16. The molecule has 5 nitrogen and oxygen atoms in total. The highest BCUT2D eigenvalue weighted by Crippen LogP contribution is 2.19. The van der Waals surface area contributed by atoms with Gasteiger partial charge >= 0.3 is 5.97 Å². The van der Waals surface area contributed by atoms with Gasteiger partial charge in [-0.05, 0) is 60.7 Å². The molecule has 2 aromatic carbocycles. The average Bonchev–Trinajstić information content (AvgIpc) is 2.52. The van der Waals surface area contributed by atoms with Crippen molar-refractivity contribution in [1.29, 1.82) is 0 Å². The lowest BCUT2D eigenvalue weighted by Gasteiger charge is -2.10. The van der Waals surface area contributed by atoms with Gasteiger partial charge in [0, 0.05) is 4.47 Å². The van der Waals surface area contributed by atoms with Gasteiger partial charge in [0.2, 0.25) is 10.0 Å². The van der Waals surface area contributed by atoms with Crippen molar-refractivity contribution in [2.45, 2.75) is 24.7 Å². The highest BCUT2D eigenvalue weighted by molar-refractivity contribution is 9.10. The Hall–Kier alpha value is -1.70. The molecule has 0 aliphatic heterocycles. The van der Waals surface area contributed by atoms with Crippen molar-refractivity contribution >= 4 is 31.9 Å². The number of hydrogen-bond acceptors (Lipinski definition) is 3. The van der Waals surface area contributed by atoms with E-state index in [0.29, 0.717) is 6.42 Å². The third-order valence-corrected chi connectivity index (χ3v) is 5.51. The summed E-state index contributed by atoms with van der Waals surface area (Å²) in [7, 11) is -3.82. The molecule has 0 saturated heterocycles. The minimum atomic E-state index is -3.82. The van der Waals surface area contributed by atoms with E-state index < -0.39 is 22.5 Å². The fourth-order valence-corrected chi connectivity index (χ4v) is 3.77.